The maximum atomic E-state index is 13.1. The minimum absolute atomic E-state index is 0.182. The third-order valence-corrected chi connectivity index (χ3v) is 3.35. The van der Waals surface area contributed by atoms with Crippen molar-refractivity contribution in [3.8, 4) is 5.75 Å². The Morgan fingerprint density at radius 2 is 2.35 bits per heavy atom. The average Bonchev–Trinajstić information content (AvgIpc) is 2.72. The molecule has 1 fully saturated rings. The summed E-state index contributed by atoms with van der Waals surface area (Å²) in [5, 5.41) is 12.9. The molecular weight excluding hydrogens is 219 g/mol. The van der Waals surface area contributed by atoms with Gasteiger partial charge in [-0.1, -0.05) is 0 Å². The van der Waals surface area contributed by atoms with Crippen molar-refractivity contribution in [2.45, 2.75) is 25.4 Å². The lowest BCUT2D eigenvalue weighted by atomic mass is 10.1. The molecule has 0 amide bonds. The predicted octanol–water partition coefficient (Wildman–Crippen LogP) is 1.72. The summed E-state index contributed by atoms with van der Waals surface area (Å²) in [5.74, 6) is -0.108. The van der Waals surface area contributed by atoms with Gasteiger partial charge in [-0.05, 0) is 44.6 Å². The molecule has 0 radical (unpaired) electrons. The van der Waals surface area contributed by atoms with Crippen LogP contribution in [0.2, 0.25) is 0 Å². The van der Waals surface area contributed by atoms with Gasteiger partial charge in [0.1, 0.15) is 11.6 Å². The van der Waals surface area contributed by atoms with Crippen LogP contribution < -0.4 is 5.32 Å². The van der Waals surface area contributed by atoms with E-state index < -0.39 is 0 Å². The normalized spacial score (nSPS) is 20.9. The van der Waals surface area contributed by atoms with Crippen molar-refractivity contribution in [2.24, 2.45) is 0 Å². The highest BCUT2D eigenvalue weighted by Gasteiger charge is 2.24. The second-order valence-electron chi connectivity index (χ2n) is 4.60. The second kappa shape index (κ2) is 5.47. The molecule has 1 aromatic rings. The number of aromatic hydroxyl groups is 1. The zero-order chi connectivity index (χ0) is 12.3. The monoisotopic (exact) mass is 238 g/mol. The summed E-state index contributed by atoms with van der Waals surface area (Å²) in [6.07, 6.45) is 2.33. The molecule has 1 aliphatic rings. The van der Waals surface area contributed by atoms with Crippen molar-refractivity contribution in [3.63, 3.8) is 0 Å². The summed E-state index contributed by atoms with van der Waals surface area (Å²) in [7, 11) is 1.94. The van der Waals surface area contributed by atoms with E-state index in [0.29, 0.717) is 18.2 Å². The van der Waals surface area contributed by atoms with Crippen molar-refractivity contribution >= 4 is 0 Å². The number of phenols is 1. The summed E-state index contributed by atoms with van der Waals surface area (Å²) in [6, 6.07) is 4.62. The summed E-state index contributed by atoms with van der Waals surface area (Å²) in [5.41, 5.74) is 0.674. The van der Waals surface area contributed by atoms with Gasteiger partial charge < -0.3 is 10.4 Å². The lowest BCUT2D eigenvalue weighted by Gasteiger charge is -2.24. The third kappa shape index (κ3) is 2.96. The summed E-state index contributed by atoms with van der Waals surface area (Å²) >= 11 is 0. The molecule has 1 unspecified atom stereocenters. The molecule has 0 aliphatic carbocycles. The first kappa shape index (κ1) is 12.3. The van der Waals surface area contributed by atoms with Gasteiger partial charge in [-0.3, -0.25) is 4.90 Å². The van der Waals surface area contributed by atoms with Crippen LogP contribution in [0.3, 0.4) is 0 Å². The first-order valence-corrected chi connectivity index (χ1v) is 6.06. The summed E-state index contributed by atoms with van der Waals surface area (Å²) < 4.78 is 13.1. The lowest BCUT2D eigenvalue weighted by molar-refractivity contribution is 0.239. The molecule has 1 heterocycles. The van der Waals surface area contributed by atoms with Crippen LogP contribution in [0.4, 0.5) is 4.39 Å². The Bertz CT molecular complexity index is 384. The number of hydrogen-bond donors (Lipinski definition) is 2. The van der Waals surface area contributed by atoms with Gasteiger partial charge in [-0.2, -0.15) is 0 Å². The van der Waals surface area contributed by atoms with Crippen molar-refractivity contribution in [1.29, 1.82) is 0 Å². The van der Waals surface area contributed by atoms with E-state index in [0.717, 1.165) is 19.5 Å². The van der Waals surface area contributed by atoms with E-state index >= 15 is 0 Å². The molecule has 1 atom stereocenters. The predicted molar refractivity (Wildman–Crippen MR) is 65.4 cm³/mol. The van der Waals surface area contributed by atoms with E-state index in [2.05, 4.69) is 10.2 Å². The van der Waals surface area contributed by atoms with Crippen molar-refractivity contribution < 1.29 is 9.50 Å². The fraction of sp³-hybridized carbons (Fsp3) is 0.538. The van der Waals surface area contributed by atoms with Crippen LogP contribution in [0.25, 0.3) is 0 Å². The molecule has 1 saturated heterocycles. The molecule has 2 N–H and O–H groups in total. The Hall–Kier alpha value is -1.13. The molecule has 94 valence electrons. The number of benzene rings is 1. The highest BCUT2D eigenvalue weighted by Crippen LogP contribution is 2.24. The zero-order valence-corrected chi connectivity index (χ0v) is 10.1. The first-order chi connectivity index (χ1) is 8.20. The quantitative estimate of drug-likeness (QED) is 0.838. The maximum Gasteiger partial charge on any atom is 0.123 e. The minimum atomic E-state index is -0.290. The largest absolute Gasteiger partial charge is 0.508 e. The Morgan fingerprint density at radius 1 is 1.53 bits per heavy atom. The van der Waals surface area contributed by atoms with E-state index in [1.54, 1.807) is 0 Å². The van der Waals surface area contributed by atoms with Crippen LogP contribution in [-0.4, -0.2) is 36.2 Å². The van der Waals surface area contributed by atoms with Crippen molar-refractivity contribution in [2.75, 3.05) is 20.1 Å². The molecule has 17 heavy (non-hydrogen) atoms. The molecule has 4 heteroatoms. The van der Waals surface area contributed by atoms with Crippen molar-refractivity contribution in [3.05, 3.63) is 29.6 Å². The van der Waals surface area contributed by atoms with E-state index in [-0.39, 0.29) is 11.6 Å². The standard InChI is InChI=1S/C13H19FN2O/c1-15-8-12-3-2-6-16(12)9-10-7-11(14)4-5-13(10)17/h4-5,7,12,15,17H,2-3,6,8-9H2,1H3. The molecule has 3 nitrogen and oxygen atoms in total. The van der Waals surface area contributed by atoms with E-state index in [9.17, 15) is 9.50 Å². The van der Waals surface area contributed by atoms with Gasteiger partial charge in [0.25, 0.3) is 0 Å². The van der Waals surface area contributed by atoms with Crippen LogP contribution >= 0.6 is 0 Å². The van der Waals surface area contributed by atoms with Gasteiger partial charge >= 0.3 is 0 Å². The molecule has 1 aliphatic heterocycles. The molecule has 0 aromatic heterocycles. The van der Waals surface area contributed by atoms with Crippen LogP contribution in [-0.2, 0) is 6.54 Å². The second-order valence-corrected chi connectivity index (χ2v) is 4.60. The number of nitrogens with zero attached hydrogens (tertiary/aromatic N) is 1. The Kier molecular flexibility index (Phi) is 3.97. The lowest BCUT2D eigenvalue weighted by Crippen LogP contribution is -2.36. The van der Waals surface area contributed by atoms with Crippen LogP contribution in [0.5, 0.6) is 5.75 Å². The minimum Gasteiger partial charge on any atom is -0.508 e. The number of likely N-dealkylation sites (tertiary alicyclic amines) is 1. The van der Waals surface area contributed by atoms with Crippen molar-refractivity contribution in [1.82, 2.24) is 10.2 Å². The van der Waals surface area contributed by atoms with Crippen LogP contribution in [0.1, 0.15) is 18.4 Å². The summed E-state index contributed by atoms with van der Waals surface area (Å²) in [6.45, 7) is 2.58. The highest BCUT2D eigenvalue weighted by atomic mass is 19.1. The van der Waals surface area contributed by atoms with E-state index in [1.807, 2.05) is 7.05 Å². The third-order valence-electron chi connectivity index (χ3n) is 3.35. The Balaban J connectivity index is 2.06. The molecule has 0 bridgehead atoms. The number of phenolic OH excluding ortho intramolecular Hbond substituents is 1. The number of nitrogens with one attached hydrogen (secondary N) is 1. The number of hydrogen-bond acceptors (Lipinski definition) is 3. The number of rotatable bonds is 4. The number of likely N-dealkylation sites (N-methyl/N-ethyl adjacent to an activating group) is 1. The average molecular weight is 238 g/mol. The van der Waals surface area contributed by atoms with E-state index in [4.69, 9.17) is 0 Å². The molecule has 1 aromatic carbocycles. The Morgan fingerprint density at radius 3 is 3.12 bits per heavy atom. The SMILES string of the molecule is CNCC1CCCN1Cc1cc(F)ccc1O. The molecule has 2 rings (SSSR count). The fourth-order valence-electron chi connectivity index (χ4n) is 2.47. The number of halogens is 1. The van der Waals surface area contributed by atoms with Crippen LogP contribution in [0, 0.1) is 5.82 Å². The van der Waals surface area contributed by atoms with Gasteiger partial charge in [0, 0.05) is 24.7 Å². The summed E-state index contributed by atoms with van der Waals surface area (Å²) in [4.78, 5) is 2.30. The molecular formula is C13H19FN2O. The van der Waals surface area contributed by atoms with Gasteiger partial charge in [0.15, 0.2) is 0 Å². The fourth-order valence-corrected chi connectivity index (χ4v) is 2.47. The zero-order valence-electron chi connectivity index (χ0n) is 10.1. The maximum absolute atomic E-state index is 13.1. The smallest absolute Gasteiger partial charge is 0.123 e. The van der Waals surface area contributed by atoms with Gasteiger partial charge in [0.05, 0.1) is 0 Å². The van der Waals surface area contributed by atoms with E-state index in [1.165, 1.54) is 24.6 Å². The Labute approximate surface area is 101 Å². The van der Waals surface area contributed by atoms with Gasteiger partial charge in [0.2, 0.25) is 0 Å². The first-order valence-electron chi connectivity index (χ1n) is 6.06. The van der Waals surface area contributed by atoms with Crippen LogP contribution in [0.15, 0.2) is 18.2 Å². The molecule has 0 saturated carbocycles. The van der Waals surface area contributed by atoms with Gasteiger partial charge in [-0.25, -0.2) is 4.39 Å². The topological polar surface area (TPSA) is 35.5 Å². The highest BCUT2D eigenvalue weighted by molar-refractivity contribution is 5.32. The molecule has 0 spiro atoms. The van der Waals surface area contributed by atoms with Gasteiger partial charge in [-0.15, -0.1) is 0 Å².